The number of methoxy groups -OCH3 is 1. The van der Waals surface area contributed by atoms with Crippen LogP contribution in [-0.2, 0) is 9.16 Å². The van der Waals surface area contributed by atoms with Crippen molar-refractivity contribution >= 4 is 9.04 Å². The topological polar surface area (TPSA) is 18.5 Å². The molecule has 0 spiro atoms. The van der Waals surface area contributed by atoms with Gasteiger partial charge in [-0.2, -0.15) is 0 Å². The van der Waals surface area contributed by atoms with Crippen molar-refractivity contribution in [3.05, 3.63) is 0 Å². The summed E-state index contributed by atoms with van der Waals surface area (Å²) in [7, 11) is 0.883. The molecule has 0 bridgehead atoms. The van der Waals surface area contributed by atoms with Gasteiger partial charge in [-0.05, 0) is 19.5 Å². The van der Waals surface area contributed by atoms with Crippen molar-refractivity contribution in [2.75, 3.05) is 13.7 Å². The zero-order chi connectivity index (χ0) is 7.98. The molecule has 2 unspecified atom stereocenters. The van der Waals surface area contributed by atoms with E-state index < -0.39 is 9.04 Å². The second kappa shape index (κ2) is 5.89. The Morgan fingerprint density at radius 1 is 1.50 bits per heavy atom. The first-order valence-corrected chi connectivity index (χ1v) is 6.29. The molecule has 0 aromatic carbocycles. The Labute approximate surface area is 65.3 Å². The molecule has 0 N–H and O–H groups in total. The van der Waals surface area contributed by atoms with Crippen LogP contribution in [0.2, 0.25) is 12.6 Å². The molecule has 0 aliphatic rings. The third-order valence-corrected chi connectivity index (χ3v) is 3.50. The Hall–Kier alpha value is 0.137. The molecule has 0 rings (SSSR count). The normalized spacial score (nSPS) is 16.8. The van der Waals surface area contributed by atoms with Crippen LogP contribution in [0.4, 0.5) is 0 Å². The van der Waals surface area contributed by atoms with E-state index in [0.29, 0.717) is 0 Å². The minimum atomic E-state index is -0.831. The van der Waals surface area contributed by atoms with Gasteiger partial charge in [-0.25, -0.2) is 0 Å². The fourth-order valence-electron chi connectivity index (χ4n) is 0.486. The summed E-state index contributed by atoms with van der Waals surface area (Å²) in [4.78, 5) is 0. The van der Waals surface area contributed by atoms with Crippen LogP contribution in [-0.4, -0.2) is 28.9 Å². The summed E-state index contributed by atoms with van der Waals surface area (Å²) in [6.07, 6.45) is 0.251. The fourth-order valence-corrected chi connectivity index (χ4v) is 1.32. The summed E-state index contributed by atoms with van der Waals surface area (Å²) in [6, 6.07) is 1.20. The van der Waals surface area contributed by atoms with Crippen molar-refractivity contribution in [1.29, 1.82) is 0 Å². The van der Waals surface area contributed by atoms with Gasteiger partial charge in [-0.1, -0.05) is 6.92 Å². The molecule has 0 saturated heterocycles. The van der Waals surface area contributed by atoms with Gasteiger partial charge in [0.15, 0.2) is 9.04 Å². The Morgan fingerprint density at radius 2 is 2.10 bits per heavy atom. The van der Waals surface area contributed by atoms with Gasteiger partial charge in [0, 0.05) is 7.11 Å². The van der Waals surface area contributed by atoms with Gasteiger partial charge in [0.1, 0.15) is 0 Å². The Morgan fingerprint density at radius 3 is 2.50 bits per heavy atom. The first kappa shape index (κ1) is 10.1. The first-order valence-electron chi connectivity index (χ1n) is 3.85. The monoisotopic (exact) mass is 162 g/mol. The van der Waals surface area contributed by atoms with Gasteiger partial charge >= 0.3 is 0 Å². The van der Waals surface area contributed by atoms with Crippen molar-refractivity contribution in [2.45, 2.75) is 32.5 Å². The lowest BCUT2D eigenvalue weighted by molar-refractivity contribution is 0.0710. The van der Waals surface area contributed by atoms with Crippen LogP contribution in [0.15, 0.2) is 0 Å². The second-order valence-electron chi connectivity index (χ2n) is 2.60. The molecule has 10 heavy (non-hydrogen) atoms. The smallest absolute Gasteiger partial charge is 0.173 e. The Kier molecular flexibility index (Phi) is 5.97. The molecule has 0 aromatic rings. The van der Waals surface area contributed by atoms with Gasteiger partial charge in [0.2, 0.25) is 0 Å². The highest BCUT2D eigenvalue weighted by atomic mass is 28.3. The highest BCUT2D eigenvalue weighted by Crippen LogP contribution is 1.95. The lowest BCUT2D eigenvalue weighted by Gasteiger charge is -2.13. The predicted octanol–water partition coefficient (Wildman–Crippen LogP) is 1.41. The van der Waals surface area contributed by atoms with Crippen LogP contribution in [0.5, 0.6) is 0 Å². The molecule has 0 heterocycles. The average molecular weight is 162 g/mol. The summed E-state index contributed by atoms with van der Waals surface area (Å²) < 4.78 is 10.6. The lowest BCUT2D eigenvalue weighted by atomic mass is 10.4. The van der Waals surface area contributed by atoms with E-state index in [0.717, 1.165) is 6.61 Å². The minimum absolute atomic E-state index is 0.251. The lowest BCUT2D eigenvalue weighted by Crippen LogP contribution is -2.20. The van der Waals surface area contributed by atoms with Crippen LogP contribution < -0.4 is 0 Å². The van der Waals surface area contributed by atoms with Gasteiger partial charge in [-0.15, -0.1) is 0 Å². The molecule has 0 aromatic heterocycles. The average Bonchev–Trinajstić information content (AvgIpc) is 1.99. The van der Waals surface area contributed by atoms with Gasteiger partial charge in [0.05, 0.1) is 12.7 Å². The number of ether oxygens (including phenoxy) is 1. The third-order valence-electron chi connectivity index (χ3n) is 1.59. The van der Waals surface area contributed by atoms with E-state index >= 15 is 0 Å². The quantitative estimate of drug-likeness (QED) is 0.569. The van der Waals surface area contributed by atoms with E-state index in [1.54, 1.807) is 7.11 Å². The van der Waals surface area contributed by atoms with Gasteiger partial charge < -0.3 is 9.16 Å². The molecule has 3 heteroatoms. The largest absolute Gasteiger partial charge is 0.418 e. The molecule has 0 fully saturated rings. The molecular weight excluding hydrogens is 144 g/mol. The second-order valence-corrected chi connectivity index (χ2v) is 5.37. The highest BCUT2D eigenvalue weighted by molar-refractivity contribution is 6.49. The van der Waals surface area contributed by atoms with Crippen LogP contribution in [0.1, 0.15) is 13.8 Å². The van der Waals surface area contributed by atoms with E-state index in [2.05, 4.69) is 13.5 Å². The minimum Gasteiger partial charge on any atom is -0.418 e. The summed E-state index contributed by atoms with van der Waals surface area (Å²) in [5, 5.41) is 0. The summed E-state index contributed by atoms with van der Waals surface area (Å²) >= 11 is 0. The van der Waals surface area contributed by atoms with Crippen molar-refractivity contribution in [3.8, 4) is 0 Å². The number of rotatable bonds is 5. The SMILES string of the molecule is CC[SiH](C)OCC(C)OC. The third kappa shape index (κ3) is 4.96. The van der Waals surface area contributed by atoms with Crippen molar-refractivity contribution in [2.24, 2.45) is 0 Å². The van der Waals surface area contributed by atoms with E-state index in [9.17, 15) is 0 Å². The van der Waals surface area contributed by atoms with Crippen molar-refractivity contribution < 1.29 is 9.16 Å². The van der Waals surface area contributed by atoms with Crippen LogP contribution in [0.3, 0.4) is 0 Å². The van der Waals surface area contributed by atoms with Crippen molar-refractivity contribution in [1.82, 2.24) is 0 Å². The maximum absolute atomic E-state index is 5.56. The summed E-state index contributed by atoms with van der Waals surface area (Å²) in [6.45, 7) is 7.17. The van der Waals surface area contributed by atoms with E-state index in [4.69, 9.17) is 9.16 Å². The Bertz CT molecular complexity index is 68.0. The Balaban J connectivity index is 3.17. The van der Waals surface area contributed by atoms with Crippen LogP contribution in [0, 0.1) is 0 Å². The molecular formula is C7H18O2Si. The molecule has 62 valence electrons. The van der Waals surface area contributed by atoms with Gasteiger partial charge in [-0.3, -0.25) is 0 Å². The molecule has 0 radical (unpaired) electrons. The maximum atomic E-state index is 5.56. The molecule has 0 saturated carbocycles. The predicted molar refractivity (Wildman–Crippen MR) is 45.9 cm³/mol. The van der Waals surface area contributed by atoms with Crippen LogP contribution >= 0.6 is 0 Å². The zero-order valence-electron chi connectivity index (χ0n) is 7.39. The fraction of sp³-hybridized carbons (Fsp3) is 1.00. The molecule has 2 atom stereocenters. The van der Waals surface area contributed by atoms with Crippen LogP contribution in [0.25, 0.3) is 0 Å². The molecule has 2 nitrogen and oxygen atoms in total. The summed E-state index contributed by atoms with van der Waals surface area (Å²) in [5.41, 5.74) is 0. The van der Waals surface area contributed by atoms with E-state index in [1.165, 1.54) is 6.04 Å². The molecule has 0 aliphatic heterocycles. The summed E-state index contributed by atoms with van der Waals surface area (Å²) in [5.74, 6) is 0. The highest BCUT2D eigenvalue weighted by Gasteiger charge is 2.03. The maximum Gasteiger partial charge on any atom is 0.173 e. The van der Waals surface area contributed by atoms with E-state index in [1.807, 2.05) is 6.92 Å². The molecule has 0 aliphatic carbocycles. The number of hydrogen-bond donors (Lipinski definition) is 0. The van der Waals surface area contributed by atoms with E-state index in [-0.39, 0.29) is 6.10 Å². The van der Waals surface area contributed by atoms with Gasteiger partial charge in [0.25, 0.3) is 0 Å². The molecule has 0 amide bonds. The number of hydrogen-bond acceptors (Lipinski definition) is 2. The first-order chi connectivity index (χ1) is 4.70. The zero-order valence-corrected chi connectivity index (χ0v) is 8.54. The standard InChI is InChI=1S/C7H18O2Si/c1-5-10(4)9-6-7(2)8-3/h7,10H,5-6H2,1-4H3. The van der Waals surface area contributed by atoms with Crippen molar-refractivity contribution in [3.63, 3.8) is 0 Å².